The van der Waals surface area contributed by atoms with Crippen LogP contribution in [-0.2, 0) is 21.7 Å². The minimum atomic E-state index is -2.31. The lowest BCUT2D eigenvalue weighted by Gasteiger charge is -2.57. The number of benzene rings is 11. The number of unbranched alkanes of at least 4 members (excludes halogenated alkanes) is 4. The highest BCUT2D eigenvalue weighted by molar-refractivity contribution is 6.43. The van der Waals surface area contributed by atoms with Crippen LogP contribution in [0.1, 0.15) is 246 Å². The van der Waals surface area contributed by atoms with Crippen molar-refractivity contribution in [2.24, 2.45) is 0 Å². The summed E-state index contributed by atoms with van der Waals surface area (Å²) in [5.41, 5.74) is 16.9. The second kappa shape index (κ2) is 30.0. The first kappa shape index (κ1) is 82.4. The maximum absolute atomic E-state index is 14.4. The van der Waals surface area contributed by atoms with E-state index >= 15 is 0 Å². The summed E-state index contributed by atoms with van der Waals surface area (Å²) in [6, 6.07) is 43.3. The van der Waals surface area contributed by atoms with Gasteiger partial charge in [0.25, 0.3) is 23.6 Å². The fourth-order valence-corrected chi connectivity index (χ4v) is 20.9. The second-order valence-corrected chi connectivity index (χ2v) is 33.6. The molecule has 0 radical (unpaired) electrons. The Morgan fingerprint density at radius 2 is 0.549 bits per heavy atom. The minimum absolute atomic E-state index is 0.0788. The van der Waals surface area contributed by atoms with Crippen LogP contribution in [-0.4, -0.2) is 68.0 Å². The van der Waals surface area contributed by atoms with Gasteiger partial charge in [0.2, 0.25) is 0 Å². The number of phenolic OH excluding ortho intramolecular Hbond substituents is 2. The molecule has 4 unspecified atom stereocenters. The van der Waals surface area contributed by atoms with Gasteiger partial charge in [-0.05, 0) is 240 Å². The van der Waals surface area contributed by atoms with E-state index < -0.39 is 103 Å². The Kier molecular flexibility index (Phi) is 20.3. The van der Waals surface area contributed by atoms with Crippen molar-refractivity contribution in [2.75, 3.05) is 24.0 Å². The summed E-state index contributed by atoms with van der Waals surface area (Å²) in [6.45, 7) is 18.3. The van der Waals surface area contributed by atoms with Crippen molar-refractivity contribution in [2.45, 2.75) is 168 Å². The van der Waals surface area contributed by atoms with Crippen molar-refractivity contribution in [3.63, 3.8) is 0 Å². The van der Waals surface area contributed by atoms with Crippen molar-refractivity contribution in [3.8, 4) is 23.0 Å². The zero-order valence-electron chi connectivity index (χ0n) is 68.8. The lowest BCUT2D eigenvalue weighted by molar-refractivity contribution is 0.0906. The van der Waals surface area contributed by atoms with Gasteiger partial charge in [0.1, 0.15) is 0 Å². The highest BCUT2D eigenvalue weighted by Gasteiger charge is 2.61. The average molecular weight is 1690 g/mol. The van der Waals surface area contributed by atoms with E-state index in [1.165, 1.54) is 94.5 Å². The molecule has 2 N–H and O–H groups in total. The Morgan fingerprint density at radius 3 is 0.787 bits per heavy atom. The molecule has 0 spiro atoms. The van der Waals surface area contributed by atoms with E-state index in [1.807, 2.05) is 12.1 Å². The lowest BCUT2D eigenvalue weighted by atomic mass is 9.45. The highest BCUT2D eigenvalue weighted by Crippen LogP contribution is 2.69. The van der Waals surface area contributed by atoms with Crippen molar-refractivity contribution in [1.82, 2.24) is 19.9 Å². The van der Waals surface area contributed by atoms with E-state index in [4.69, 9.17) is 52.6 Å². The fraction of sp³-hybridized carbons (Fsp3) is 0.286. The molecular formula is C98H82Cl2F8N6O8. The number of ether oxygens (including phenoxy) is 2. The van der Waals surface area contributed by atoms with Gasteiger partial charge >= 0.3 is 0 Å². The van der Waals surface area contributed by atoms with Gasteiger partial charge in [-0.1, -0.05) is 151 Å². The summed E-state index contributed by atoms with van der Waals surface area (Å²) in [5.74, 6) is -22.3. The third-order valence-corrected chi connectivity index (χ3v) is 27.3. The average Bonchev–Trinajstić information content (AvgIpc) is 0.970. The number of carbonyl (C=O) groups excluding carboxylic acids is 4. The molecule has 21 rings (SSSR count). The Bertz CT molecular complexity index is 6320. The number of fused-ring (bicyclic) bond motifs is 6. The molecular weight excluding hydrogens is 1610 g/mol. The third kappa shape index (κ3) is 11.4. The number of hydrogen-bond acceptors (Lipinski definition) is 12. The molecule has 11 aromatic carbocycles. The maximum atomic E-state index is 14.4. The summed E-state index contributed by atoms with van der Waals surface area (Å²) < 4.78 is 125. The van der Waals surface area contributed by atoms with Gasteiger partial charge in [0.15, 0.2) is 69.5 Å². The predicted molar refractivity (Wildman–Crippen MR) is 454 cm³/mol. The zero-order chi connectivity index (χ0) is 86.9. The molecule has 13 aromatic rings. The van der Waals surface area contributed by atoms with E-state index in [1.54, 1.807) is 26.4 Å². The number of halogens is 10. The number of imide groups is 2. The first-order valence-corrected chi connectivity index (χ1v) is 41.6. The standard InChI is InChI=1S/C38H40N2O2.C34H30Cl2N2O2.C26H12F8N2O4/c1-7-9-15-37-25-13-11-12-14-26(25)38(16-10-8-2,30-22-36(42-6)35(41-5)21-29(30)37)28-20-34-33(19-27(28)37)39-31-17-23(3)24(4)18-32(31)40-34;1-3-5-11-33-19-9-7-8-10-20(19)34(12-6-4-2,24-16-32(40)31(39)15-23(24)33)22-14-28-27(13-21(22)33)37-29-17-25(35)26(36)18-30(29)38-28;1-5-6(2)22(36-25(39)11-12(26(36)40)16(30)20(34)19(33)15(11)29)8(4)7(3)21(5)35-23(37)9-10(24(35)38)14(28)18(32)17(31)13(9)27/h11-14,17-22H,7-10,15-16H2,1-6H3;7-10,13-18,39-40H,3-6,11-12H2,1-2H3;1-4H3. The molecule has 622 valence electrons. The number of rotatable bonds is 16. The molecule has 4 atom stereocenters. The quantitative estimate of drug-likeness (QED) is 0.0233. The van der Waals surface area contributed by atoms with Gasteiger partial charge in [0.05, 0.1) is 102 Å². The van der Waals surface area contributed by atoms with Crippen LogP contribution in [0.4, 0.5) is 46.5 Å². The van der Waals surface area contributed by atoms with Gasteiger partial charge in [-0.2, -0.15) is 0 Å². The second-order valence-electron chi connectivity index (χ2n) is 32.8. The van der Waals surface area contributed by atoms with E-state index in [2.05, 4.69) is 139 Å². The van der Waals surface area contributed by atoms with Crippen LogP contribution in [0, 0.1) is 88.1 Å². The molecule has 4 bridgehead atoms. The molecule has 4 amide bonds. The molecule has 0 fully saturated rings. The van der Waals surface area contributed by atoms with Crippen molar-refractivity contribution in [3.05, 3.63) is 300 Å². The topological polar surface area (TPSA) is 185 Å². The Balaban J connectivity index is 0.000000130. The Labute approximate surface area is 707 Å². The lowest BCUT2D eigenvalue weighted by Crippen LogP contribution is -2.51. The molecule has 0 saturated carbocycles. The molecule has 24 heteroatoms. The summed E-state index contributed by atoms with van der Waals surface area (Å²) in [6.07, 6.45) is 12.4. The van der Waals surface area contributed by atoms with Gasteiger partial charge in [-0.25, -0.2) is 64.9 Å². The minimum Gasteiger partial charge on any atom is -0.504 e. The number of anilines is 2. The number of carbonyl (C=O) groups is 4. The van der Waals surface area contributed by atoms with Gasteiger partial charge < -0.3 is 19.7 Å². The van der Waals surface area contributed by atoms with Crippen LogP contribution in [0.3, 0.4) is 0 Å². The Morgan fingerprint density at radius 1 is 0.328 bits per heavy atom. The van der Waals surface area contributed by atoms with Crippen LogP contribution < -0.4 is 19.3 Å². The molecule has 2 aliphatic heterocycles. The number of phenols is 2. The zero-order valence-corrected chi connectivity index (χ0v) is 70.4. The van der Waals surface area contributed by atoms with Gasteiger partial charge in [-0.3, -0.25) is 19.2 Å². The summed E-state index contributed by atoms with van der Waals surface area (Å²) in [4.78, 5) is 73.2. The summed E-state index contributed by atoms with van der Waals surface area (Å²) in [5, 5.41) is 22.6. The molecule has 4 heterocycles. The smallest absolute Gasteiger partial charge is 0.269 e. The highest BCUT2D eigenvalue weighted by atomic mass is 35.5. The molecule has 14 nitrogen and oxygen atoms in total. The maximum Gasteiger partial charge on any atom is 0.269 e. The first-order valence-electron chi connectivity index (χ1n) is 40.8. The summed E-state index contributed by atoms with van der Waals surface area (Å²) in [7, 11) is 3.49. The Hall–Kier alpha value is -11.9. The molecule has 0 saturated heterocycles. The number of aryl methyl sites for hydroxylation is 2. The molecule has 2 aromatic heterocycles. The number of amides is 4. The molecule has 122 heavy (non-hydrogen) atoms. The monoisotopic (exact) mass is 1690 g/mol. The number of methoxy groups -OCH3 is 2. The number of aromatic nitrogens is 4. The molecule has 6 aliphatic carbocycles. The predicted octanol–water partition coefficient (Wildman–Crippen LogP) is 23.9. The molecule has 8 aliphatic rings. The van der Waals surface area contributed by atoms with Crippen LogP contribution in [0.2, 0.25) is 10.0 Å². The fourth-order valence-electron chi connectivity index (χ4n) is 20.6. The number of nitrogens with zero attached hydrogens (tertiary/aromatic N) is 6. The van der Waals surface area contributed by atoms with Crippen LogP contribution >= 0.6 is 23.2 Å². The normalized spacial score (nSPS) is 18.4. The van der Waals surface area contributed by atoms with Gasteiger partial charge in [0, 0.05) is 21.7 Å². The van der Waals surface area contributed by atoms with E-state index in [0.717, 1.165) is 133 Å². The van der Waals surface area contributed by atoms with Crippen LogP contribution in [0.15, 0.2) is 121 Å². The van der Waals surface area contributed by atoms with E-state index in [9.17, 15) is 64.5 Å². The number of hydrogen-bond donors (Lipinski definition) is 2. The van der Waals surface area contributed by atoms with Crippen LogP contribution in [0.5, 0.6) is 23.0 Å². The SMILES string of the molecule is CCCCC12c3ccccc3C(CCCC)(c3cc(O)c(O)cc31)c1cc3nc4cc(Cl)c(Cl)cc4nc3cc12.CCCCC12c3ccccc3C(CCCC)(c3cc(OC)c(OC)cc31)c1cc3nc4cc(C)c(C)cc4nc3cc12.Cc1c(C)c(N2C(=O)c3c(F)c(F)c(F)c(F)c3C2=O)c(C)c(C)c1N1C(=O)c2c(F)c(F)c(F)c(F)c2C1=O. The van der Waals surface area contributed by atoms with Gasteiger partial charge in [-0.15, -0.1) is 0 Å². The third-order valence-electron chi connectivity index (χ3n) is 26.6. The van der Waals surface area contributed by atoms with E-state index in [0.29, 0.717) is 21.1 Å². The number of aromatic hydroxyl groups is 2. The van der Waals surface area contributed by atoms with Crippen molar-refractivity contribution >= 4 is 102 Å². The summed E-state index contributed by atoms with van der Waals surface area (Å²) >= 11 is 12.7. The van der Waals surface area contributed by atoms with Crippen molar-refractivity contribution < 1.29 is 74.0 Å². The van der Waals surface area contributed by atoms with E-state index in [-0.39, 0.29) is 65.8 Å². The largest absolute Gasteiger partial charge is 0.504 e. The first-order chi connectivity index (χ1) is 58.3. The van der Waals surface area contributed by atoms with Crippen molar-refractivity contribution in [1.29, 1.82) is 0 Å². The van der Waals surface area contributed by atoms with Crippen LogP contribution in [0.25, 0.3) is 44.1 Å².